The fraction of sp³-hybridized carbons (Fsp3) is 0.700. The van der Waals surface area contributed by atoms with Crippen LogP contribution in [-0.2, 0) is 11.8 Å². The topological polar surface area (TPSA) is 56.3 Å². The van der Waals surface area contributed by atoms with Crippen LogP contribution in [0.2, 0.25) is 0 Å². The summed E-state index contributed by atoms with van der Waals surface area (Å²) in [6.45, 7) is 2.24. The zero-order chi connectivity index (χ0) is 10.8. The van der Waals surface area contributed by atoms with Gasteiger partial charge < -0.3 is 15.0 Å². The molecule has 0 radical (unpaired) electrons. The van der Waals surface area contributed by atoms with Crippen molar-refractivity contribution in [2.45, 2.75) is 12.1 Å². The molecule has 2 unspecified atom stereocenters. The second kappa shape index (κ2) is 4.30. The third-order valence-corrected chi connectivity index (χ3v) is 2.99. The Morgan fingerprint density at radius 3 is 3.00 bits per heavy atom. The molecule has 1 saturated heterocycles. The molecule has 0 amide bonds. The van der Waals surface area contributed by atoms with Crippen molar-refractivity contribution in [3.8, 4) is 0 Å². The van der Waals surface area contributed by atoms with E-state index < -0.39 is 0 Å². The molecule has 1 aliphatic heterocycles. The summed E-state index contributed by atoms with van der Waals surface area (Å²) in [5, 5.41) is 0. The molecule has 2 atom stereocenters. The Bertz CT molecular complexity index is 325. The van der Waals surface area contributed by atoms with Gasteiger partial charge in [-0.05, 0) is 7.05 Å². The molecule has 0 saturated carbocycles. The molecular weight excluding hydrogens is 192 g/mol. The van der Waals surface area contributed by atoms with Crippen LogP contribution in [0.1, 0.15) is 11.7 Å². The normalized spacial score (nSPS) is 28.2. The van der Waals surface area contributed by atoms with E-state index in [2.05, 4.69) is 16.9 Å². The number of nitrogens with zero attached hydrogens (tertiary/aromatic N) is 3. The molecule has 0 aliphatic carbocycles. The number of imidazole rings is 1. The summed E-state index contributed by atoms with van der Waals surface area (Å²) >= 11 is 0. The zero-order valence-electron chi connectivity index (χ0n) is 9.26. The molecule has 1 aromatic rings. The molecular formula is C10H18N4O. The van der Waals surface area contributed by atoms with Crippen molar-refractivity contribution in [3.63, 3.8) is 0 Å². The number of aryl methyl sites for hydroxylation is 1. The number of rotatable bonds is 2. The SMILES string of the molecule is CN1CCOC(CN)C1c1cncn1C. The minimum atomic E-state index is 0.0687. The van der Waals surface area contributed by atoms with Gasteiger partial charge in [0.25, 0.3) is 0 Å². The largest absolute Gasteiger partial charge is 0.374 e. The lowest BCUT2D eigenvalue weighted by Gasteiger charge is -2.38. The van der Waals surface area contributed by atoms with Crippen LogP contribution in [-0.4, -0.2) is 47.3 Å². The third-order valence-electron chi connectivity index (χ3n) is 2.99. The molecule has 5 heteroatoms. The van der Waals surface area contributed by atoms with Crippen LogP contribution in [0.5, 0.6) is 0 Å². The molecule has 1 fully saturated rings. The number of morpholine rings is 1. The average molecular weight is 210 g/mol. The van der Waals surface area contributed by atoms with Crippen LogP contribution in [0.25, 0.3) is 0 Å². The predicted molar refractivity (Wildman–Crippen MR) is 57.4 cm³/mol. The molecule has 0 aromatic carbocycles. The van der Waals surface area contributed by atoms with Crippen molar-refractivity contribution in [1.29, 1.82) is 0 Å². The van der Waals surface area contributed by atoms with Gasteiger partial charge in [-0.25, -0.2) is 4.98 Å². The van der Waals surface area contributed by atoms with E-state index in [1.807, 2.05) is 24.1 Å². The van der Waals surface area contributed by atoms with Crippen LogP contribution in [0, 0.1) is 0 Å². The maximum atomic E-state index is 5.73. The van der Waals surface area contributed by atoms with Crippen LogP contribution >= 0.6 is 0 Å². The van der Waals surface area contributed by atoms with Crippen LogP contribution < -0.4 is 5.73 Å². The Labute approximate surface area is 89.8 Å². The molecule has 84 valence electrons. The fourth-order valence-corrected chi connectivity index (χ4v) is 2.13. The monoisotopic (exact) mass is 210 g/mol. The molecule has 2 heterocycles. The van der Waals surface area contributed by atoms with Crippen LogP contribution in [0.4, 0.5) is 0 Å². The van der Waals surface area contributed by atoms with Crippen molar-refractivity contribution in [2.24, 2.45) is 12.8 Å². The Morgan fingerprint density at radius 2 is 2.40 bits per heavy atom. The lowest BCUT2D eigenvalue weighted by Crippen LogP contribution is -2.47. The average Bonchev–Trinajstić information content (AvgIpc) is 2.64. The molecule has 5 nitrogen and oxygen atoms in total. The number of nitrogens with two attached hydrogens (primary N) is 1. The Kier molecular flexibility index (Phi) is 3.04. The highest BCUT2D eigenvalue weighted by atomic mass is 16.5. The fourth-order valence-electron chi connectivity index (χ4n) is 2.13. The number of aromatic nitrogens is 2. The Balaban J connectivity index is 2.27. The van der Waals surface area contributed by atoms with E-state index in [-0.39, 0.29) is 12.1 Å². The van der Waals surface area contributed by atoms with Gasteiger partial charge in [-0.3, -0.25) is 4.90 Å². The van der Waals surface area contributed by atoms with Gasteiger partial charge in [-0.1, -0.05) is 0 Å². The van der Waals surface area contributed by atoms with E-state index in [1.165, 1.54) is 0 Å². The van der Waals surface area contributed by atoms with Gasteiger partial charge in [-0.15, -0.1) is 0 Å². The van der Waals surface area contributed by atoms with Crippen molar-refractivity contribution >= 4 is 0 Å². The van der Waals surface area contributed by atoms with Gasteiger partial charge >= 0.3 is 0 Å². The molecule has 2 N–H and O–H groups in total. The van der Waals surface area contributed by atoms with Crippen molar-refractivity contribution in [2.75, 3.05) is 26.7 Å². The Morgan fingerprint density at radius 1 is 1.60 bits per heavy atom. The van der Waals surface area contributed by atoms with Crippen molar-refractivity contribution in [1.82, 2.24) is 14.5 Å². The van der Waals surface area contributed by atoms with Gasteiger partial charge in [-0.2, -0.15) is 0 Å². The van der Waals surface area contributed by atoms with Crippen LogP contribution in [0.3, 0.4) is 0 Å². The first kappa shape index (κ1) is 10.6. The first-order valence-electron chi connectivity index (χ1n) is 5.22. The summed E-state index contributed by atoms with van der Waals surface area (Å²) in [5.74, 6) is 0. The first-order chi connectivity index (χ1) is 7.24. The van der Waals surface area contributed by atoms with Gasteiger partial charge in [0, 0.05) is 26.3 Å². The minimum Gasteiger partial charge on any atom is -0.374 e. The van der Waals surface area contributed by atoms with E-state index in [4.69, 9.17) is 10.5 Å². The summed E-state index contributed by atoms with van der Waals surface area (Å²) in [6, 6.07) is 0.219. The number of likely N-dealkylation sites (N-methyl/N-ethyl adjacent to an activating group) is 1. The second-order valence-corrected chi connectivity index (χ2v) is 4.00. The van der Waals surface area contributed by atoms with Crippen LogP contribution in [0.15, 0.2) is 12.5 Å². The smallest absolute Gasteiger partial charge is 0.0946 e. The quantitative estimate of drug-likeness (QED) is 0.731. The number of hydrogen-bond acceptors (Lipinski definition) is 4. The van der Waals surface area contributed by atoms with E-state index in [0.717, 1.165) is 18.8 Å². The van der Waals surface area contributed by atoms with E-state index in [0.29, 0.717) is 6.54 Å². The lowest BCUT2D eigenvalue weighted by atomic mass is 10.0. The maximum absolute atomic E-state index is 5.73. The number of ether oxygens (including phenoxy) is 1. The molecule has 1 aliphatic rings. The van der Waals surface area contributed by atoms with Gasteiger partial charge in [0.15, 0.2) is 0 Å². The lowest BCUT2D eigenvalue weighted by molar-refractivity contribution is -0.0598. The standard InChI is InChI=1S/C10H18N4O/c1-13-3-4-15-9(5-11)10(13)8-6-12-7-14(8)2/h6-7,9-10H,3-5,11H2,1-2H3. The van der Waals surface area contributed by atoms with Crippen molar-refractivity contribution in [3.05, 3.63) is 18.2 Å². The second-order valence-electron chi connectivity index (χ2n) is 4.00. The minimum absolute atomic E-state index is 0.0687. The summed E-state index contributed by atoms with van der Waals surface area (Å²) in [4.78, 5) is 6.42. The maximum Gasteiger partial charge on any atom is 0.0946 e. The molecule has 15 heavy (non-hydrogen) atoms. The van der Waals surface area contributed by atoms with Gasteiger partial charge in [0.2, 0.25) is 0 Å². The van der Waals surface area contributed by atoms with E-state index in [9.17, 15) is 0 Å². The highest BCUT2D eigenvalue weighted by molar-refractivity contribution is 5.09. The molecule has 0 bridgehead atoms. The highest BCUT2D eigenvalue weighted by Crippen LogP contribution is 2.26. The predicted octanol–water partition coefficient (Wildman–Crippen LogP) is -0.249. The zero-order valence-corrected chi connectivity index (χ0v) is 9.26. The van der Waals surface area contributed by atoms with E-state index >= 15 is 0 Å². The summed E-state index contributed by atoms with van der Waals surface area (Å²) < 4.78 is 7.71. The van der Waals surface area contributed by atoms with Crippen molar-refractivity contribution < 1.29 is 4.74 Å². The summed E-state index contributed by atoms with van der Waals surface area (Å²) in [7, 11) is 4.10. The third kappa shape index (κ3) is 1.90. The Hall–Kier alpha value is -0.910. The highest BCUT2D eigenvalue weighted by Gasteiger charge is 2.32. The van der Waals surface area contributed by atoms with Gasteiger partial charge in [0.1, 0.15) is 0 Å². The van der Waals surface area contributed by atoms with Gasteiger partial charge in [0.05, 0.1) is 30.8 Å². The molecule has 0 spiro atoms. The molecule has 2 rings (SSSR count). The summed E-state index contributed by atoms with van der Waals surface area (Å²) in [6.07, 6.45) is 3.77. The number of hydrogen-bond donors (Lipinski definition) is 1. The van der Waals surface area contributed by atoms with E-state index in [1.54, 1.807) is 0 Å². The summed E-state index contributed by atoms with van der Waals surface area (Å²) in [5.41, 5.74) is 6.89. The molecule has 1 aromatic heterocycles. The first-order valence-corrected chi connectivity index (χ1v) is 5.22.